The second kappa shape index (κ2) is 8.80. The minimum atomic E-state index is -4.61. The van der Waals surface area contributed by atoms with Crippen LogP contribution in [0.2, 0.25) is 0 Å². The molecule has 3 aromatic rings. The first-order valence-electron chi connectivity index (χ1n) is 10.1. The molecule has 1 aromatic heterocycles. The molecule has 6 nitrogen and oxygen atoms in total. The highest BCUT2D eigenvalue weighted by Gasteiger charge is 2.33. The molecular weight excluding hydrogens is 450 g/mol. The number of likely N-dealkylation sites (tertiary alicyclic amines) is 1. The van der Waals surface area contributed by atoms with Gasteiger partial charge in [0.25, 0.3) is 0 Å². The highest BCUT2D eigenvalue weighted by Crippen LogP contribution is 2.30. The molecule has 1 saturated heterocycles. The molecule has 172 valence electrons. The lowest BCUT2D eigenvalue weighted by molar-refractivity contribution is -0.137. The van der Waals surface area contributed by atoms with Crippen LogP contribution in [0.4, 0.5) is 17.6 Å². The Morgan fingerprint density at radius 2 is 2.00 bits per heavy atom. The third-order valence-electron chi connectivity index (χ3n) is 5.46. The third-order valence-corrected chi connectivity index (χ3v) is 6.98. The van der Waals surface area contributed by atoms with Crippen LogP contribution in [0.15, 0.2) is 51.9 Å². The van der Waals surface area contributed by atoms with Crippen molar-refractivity contribution in [1.82, 2.24) is 14.8 Å². The summed E-state index contributed by atoms with van der Waals surface area (Å²) in [6, 6.07) is 7.60. The van der Waals surface area contributed by atoms with Crippen molar-refractivity contribution >= 4 is 21.0 Å². The van der Waals surface area contributed by atoms with E-state index in [1.165, 1.54) is 12.1 Å². The van der Waals surface area contributed by atoms with Crippen molar-refractivity contribution in [1.29, 1.82) is 0 Å². The number of rotatable bonds is 7. The molecule has 1 aliphatic rings. The zero-order valence-electron chi connectivity index (χ0n) is 16.9. The molecule has 2 aromatic carbocycles. The molecule has 0 aliphatic carbocycles. The van der Waals surface area contributed by atoms with Gasteiger partial charge in [-0.2, -0.15) is 13.2 Å². The monoisotopic (exact) mass is 471 g/mol. The molecule has 4 rings (SSSR count). The van der Waals surface area contributed by atoms with Crippen molar-refractivity contribution in [3.8, 4) is 0 Å². The number of nitrogens with zero attached hydrogens (tertiary/aromatic N) is 2. The van der Waals surface area contributed by atoms with Gasteiger partial charge in [0.1, 0.15) is 5.82 Å². The van der Waals surface area contributed by atoms with Gasteiger partial charge in [-0.05, 0) is 62.7 Å². The number of benzene rings is 2. The van der Waals surface area contributed by atoms with Crippen LogP contribution in [0.3, 0.4) is 0 Å². The van der Waals surface area contributed by atoms with Crippen molar-refractivity contribution in [2.24, 2.45) is 0 Å². The Bertz CT molecular complexity index is 1210. The van der Waals surface area contributed by atoms with Crippen LogP contribution in [0.1, 0.15) is 24.1 Å². The van der Waals surface area contributed by atoms with Gasteiger partial charge in [-0.1, -0.05) is 11.2 Å². The Balaban J connectivity index is 1.30. The van der Waals surface area contributed by atoms with E-state index in [4.69, 9.17) is 4.52 Å². The second-order valence-electron chi connectivity index (χ2n) is 7.81. The van der Waals surface area contributed by atoms with Crippen LogP contribution >= 0.6 is 0 Å². The number of hydrogen-bond donors (Lipinski definition) is 1. The van der Waals surface area contributed by atoms with Gasteiger partial charge in [0.15, 0.2) is 5.58 Å². The van der Waals surface area contributed by atoms with Gasteiger partial charge in [0.05, 0.1) is 16.2 Å². The highest BCUT2D eigenvalue weighted by molar-refractivity contribution is 7.89. The largest absolute Gasteiger partial charge is 0.416 e. The van der Waals surface area contributed by atoms with Gasteiger partial charge >= 0.3 is 6.18 Å². The lowest BCUT2D eigenvalue weighted by Gasteiger charge is -2.17. The van der Waals surface area contributed by atoms with Crippen LogP contribution in [0, 0.1) is 5.82 Å². The molecule has 0 spiro atoms. The number of alkyl halides is 3. The summed E-state index contributed by atoms with van der Waals surface area (Å²) in [6.45, 7) is 1.82. The average Bonchev–Trinajstić information content (AvgIpc) is 3.33. The fourth-order valence-corrected chi connectivity index (χ4v) is 5.18. The summed E-state index contributed by atoms with van der Waals surface area (Å²) in [7, 11) is -4.06. The molecule has 32 heavy (non-hydrogen) atoms. The van der Waals surface area contributed by atoms with E-state index >= 15 is 0 Å². The summed E-state index contributed by atoms with van der Waals surface area (Å²) in [5.41, 5.74) is 0.128. The van der Waals surface area contributed by atoms with Crippen molar-refractivity contribution in [3.63, 3.8) is 0 Å². The molecule has 0 amide bonds. The number of halogens is 4. The molecule has 1 unspecified atom stereocenters. The smallest absolute Gasteiger partial charge is 0.356 e. The molecule has 1 aliphatic heterocycles. The van der Waals surface area contributed by atoms with E-state index in [9.17, 15) is 26.0 Å². The average molecular weight is 471 g/mol. The molecule has 2 heterocycles. The van der Waals surface area contributed by atoms with Gasteiger partial charge in [0.2, 0.25) is 10.0 Å². The zero-order chi connectivity index (χ0) is 22.9. The Morgan fingerprint density at radius 1 is 1.19 bits per heavy atom. The number of nitrogens with one attached hydrogen (secondary N) is 1. The first-order valence-corrected chi connectivity index (χ1v) is 11.6. The summed E-state index contributed by atoms with van der Waals surface area (Å²) >= 11 is 0. The fraction of sp³-hybridized carbons (Fsp3) is 0.381. The van der Waals surface area contributed by atoms with E-state index in [2.05, 4.69) is 14.8 Å². The Labute approximate surface area is 182 Å². The molecule has 1 N–H and O–H groups in total. The maximum atomic E-state index is 13.2. The molecule has 1 atom stereocenters. The highest BCUT2D eigenvalue weighted by atomic mass is 32.2. The molecule has 0 radical (unpaired) electrons. The molecule has 11 heteroatoms. The number of sulfonamides is 1. The van der Waals surface area contributed by atoms with Crippen LogP contribution in [-0.4, -0.2) is 44.2 Å². The quantitative estimate of drug-likeness (QED) is 0.528. The molecule has 1 fully saturated rings. The van der Waals surface area contributed by atoms with Crippen molar-refractivity contribution < 1.29 is 30.5 Å². The van der Waals surface area contributed by atoms with Crippen LogP contribution < -0.4 is 4.72 Å². The van der Waals surface area contributed by atoms with Gasteiger partial charge in [-0.3, -0.25) is 0 Å². The molecule has 0 bridgehead atoms. The van der Waals surface area contributed by atoms with Crippen molar-refractivity contribution in [2.75, 3.05) is 19.6 Å². The number of fused-ring (bicyclic) bond motifs is 1. The van der Waals surface area contributed by atoms with Gasteiger partial charge < -0.3 is 9.42 Å². The number of aryl methyl sites for hydroxylation is 1. The van der Waals surface area contributed by atoms with Gasteiger partial charge in [-0.15, -0.1) is 0 Å². The topological polar surface area (TPSA) is 75.4 Å². The maximum Gasteiger partial charge on any atom is 0.416 e. The van der Waals surface area contributed by atoms with Gasteiger partial charge in [0, 0.05) is 24.0 Å². The standard InChI is InChI=1S/C21H21F4N3O3S/c22-15-6-7-18-19(26-31-20(18)12-15)5-2-9-28-10-8-16(13-28)27-32(29,30)17-4-1-3-14(11-17)21(23,24)25/h1,3-4,6-7,11-12,16,27H,2,5,8-10,13H2. The SMILES string of the molecule is O=S(=O)(NC1CCN(CCCc2noc3cc(F)ccc23)C1)c1cccc(C(F)(F)F)c1. The fourth-order valence-electron chi connectivity index (χ4n) is 3.87. The number of hydrogen-bond acceptors (Lipinski definition) is 5. The Morgan fingerprint density at radius 3 is 2.78 bits per heavy atom. The predicted molar refractivity (Wildman–Crippen MR) is 109 cm³/mol. The predicted octanol–water partition coefficient (Wildman–Crippen LogP) is 3.97. The number of aromatic nitrogens is 1. The van der Waals surface area contributed by atoms with Crippen molar-refractivity contribution in [3.05, 3.63) is 59.5 Å². The Kier molecular flexibility index (Phi) is 6.24. The summed E-state index contributed by atoms with van der Waals surface area (Å²) in [6.07, 6.45) is -2.69. The van der Waals surface area contributed by atoms with Crippen molar-refractivity contribution in [2.45, 2.75) is 36.4 Å². The minimum Gasteiger partial charge on any atom is -0.356 e. The second-order valence-corrected chi connectivity index (χ2v) is 9.52. The summed E-state index contributed by atoms with van der Waals surface area (Å²) < 4.78 is 84.7. The third kappa shape index (κ3) is 5.11. The van der Waals surface area contributed by atoms with E-state index in [1.54, 1.807) is 6.07 Å². The lowest BCUT2D eigenvalue weighted by Crippen LogP contribution is -2.37. The van der Waals surface area contributed by atoms with E-state index in [0.29, 0.717) is 44.1 Å². The van der Waals surface area contributed by atoms with E-state index < -0.39 is 32.5 Å². The minimum absolute atomic E-state index is 0.384. The summed E-state index contributed by atoms with van der Waals surface area (Å²) in [5, 5.41) is 4.75. The summed E-state index contributed by atoms with van der Waals surface area (Å²) in [5.74, 6) is -0.393. The van der Waals surface area contributed by atoms with E-state index in [-0.39, 0.29) is 6.04 Å². The van der Waals surface area contributed by atoms with Gasteiger partial charge in [-0.25, -0.2) is 17.5 Å². The first kappa shape index (κ1) is 22.7. The van der Waals surface area contributed by atoms with Crippen LogP contribution in [0.25, 0.3) is 11.0 Å². The van der Waals surface area contributed by atoms with E-state index in [0.717, 1.165) is 35.7 Å². The maximum absolute atomic E-state index is 13.2. The Hall–Kier alpha value is -2.50. The molecular formula is C21H21F4N3O3S. The summed E-state index contributed by atoms with van der Waals surface area (Å²) in [4.78, 5) is 1.68. The lowest BCUT2D eigenvalue weighted by atomic mass is 10.1. The van der Waals surface area contributed by atoms with Crippen LogP contribution in [0.5, 0.6) is 0 Å². The zero-order valence-corrected chi connectivity index (χ0v) is 17.7. The van der Waals surface area contributed by atoms with E-state index in [1.807, 2.05) is 0 Å². The molecule has 0 saturated carbocycles. The van der Waals surface area contributed by atoms with Crippen LogP contribution in [-0.2, 0) is 22.6 Å². The normalized spacial score (nSPS) is 17.9. The first-order chi connectivity index (χ1) is 15.1.